The Balaban J connectivity index is 2.32. The van der Waals surface area contributed by atoms with Gasteiger partial charge in [-0.1, -0.05) is 37.3 Å². The Hall–Kier alpha value is -1.32. The minimum Gasteiger partial charge on any atom is -0.491 e. The standard InChI is InChI=1S/C15H23NO2/c1-4-16(10-13(2)3)11-14(17)12-18-15-8-6-5-7-9-15/h5-9,14,17H,2,4,10-12H2,1,3H3. The van der Waals surface area contributed by atoms with Crippen LogP contribution in [-0.2, 0) is 0 Å². The number of nitrogens with zero attached hydrogens (tertiary/aromatic N) is 1. The molecule has 0 aliphatic rings. The van der Waals surface area contributed by atoms with Gasteiger partial charge < -0.3 is 9.84 Å². The zero-order valence-electron chi connectivity index (χ0n) is 11.3. The topological polar surface area (TPSA) is 32.7 Å². The normalized spacial score (nSPS) is 12.4. The van der Waals surface area contributed by atoms with Crippen molar-refractivity contribution >= 4 is 0 Å². The van der Waals surface area contributed by atoms with Crippen LogP contribution >= 0.6 is 0 Å². The van der Waals surface area contributed by atoms with Crippen molar-refractivity contribution < 1.29 is 9.84 Å². The van der Waals surface area contributed by atoms with E-state index in [1.165, 1.54) is 0 Å². The second-order valence-corrected chi connectivity index (χ2v) is 4.56. The van der Waals surface area contributed by atoms with E-state index in [1.54, 1.807) is 0 Å². The molecule has 100 valence electrons. The SMILES string of the molecule is C=C(C)CN(CC)CC(O)COc1ccccc1. The monoisotopic (exact) mass is 249 g/mol. The first-order valence-electron chi connectivity index (χ1n) is 6.34. The third kappa shape index (κ3) is 5.84. The molecule has 0 aliphatic heterocycles. The van der Waals surface area contributed by atoms with Crippen LogP contribution in [-0.4, -0.2) is 42.4 Å². The van der Waals surface area contributed by atoms with E-state index >= 15 is 0 Å². The maximum Gasteiger partial charge on any atom is 0.119 e. The summed E-state index contributed by atoms with van der Waals surface area (Å²) < 4.78 is 5.52. The van der Waals surface area contributed by atoms with Crippen molar-refractivity contribution in [1.29, 1.82) is 0 Å². The number of hydrogen-bond acceptors (Lipinski definition) is 3. The van der Waals surface area contributed by atoms with Crippen molar-refractivity contribution in [3.63, 3.8) is 0 Å². The number of hydrogen-bond donors (Lipinski definition) is 1. The third-order valence-electron chi connectivity index (χ3n) is 2.60. The third-order valence-corrected chi connectivity index (χ3v) is 2.60. The number of ether oxygens (including phenoxy) is 1. The minimum atomic E-state index is -0.482. The quantitative estimate of drug-likeness (QED) is 0.718. The molecule has 3 nitrogen and oxygen atoms in total. The molecule has 18 heavy (non-hydrogen) atoms. The van der Waals surface area contributed by atoms with Crippen molar-refractivity contribution in [2.24, 2.45) is 0 Å². The van der Waals surface area contributed by atoms with Crippen LogP contribution in [0, 0.1) is 0 Å². The summed E-state index contributed by atoms with van der Waals surface area (Å²) >= 11 is 0. The van der Waals surface area contributed by atoms with E-state index in [0.29, 0.717) is 13.2 Å². The maximum atomic E-state index is 9.93. The zero-order chi connectivity index (χ0) is 13.4. The molecule has 0 fully saturated rings. The predicted molar refractivity (Wildman–Crippen MR) is 74.9 cm³/mol. The van der Waals surface area contributed by atoms with Crippen molar-refractivity contribution in [2.75, 3.05) is 26.2 Å². The molecule has 0 spiro atoms. The van der Waals surface area contributed by atoms with Gasteiger partial charge in [-0.25, -0.2) is 0 Å². The molecular weight excluding hydrogens is 226 g/mol. The van der Waals surface area contributed by atoms with Gasteiger partial charge in [-0.05, 0) is 25.6 Å². The highest BCUT2D eigenvalue weighted by molar-refractivity contribution is 5.20. The highest BCUT2D eigenvalue weighted by Gasteiger charge is 2.11. The summed E-state index contributed by atoms with van der Waals surface area (Å²) in [5, 5.41) is 9.93. The van der Waals surface area contributed by atoms with Crippen LogP contribution in [0.25, 0.3) is 0 Å². The molecule has 1 N–H and O–H groups in total. The fourth-order valence-electron chi connectivity index (χ4n) is 1.75. The van der Waals surface area contributed by atoms with E-state index in [-0.39, 0.29) is 0 Å². The van der Waals surface area contributed by atoms with E-state index in [4.69, 9.17) is 4.74 Å². The first-order chi connectivity index (χ1) is 8.61. The summed E-state index contributed by atoms with van der Waals surface area (Å²) in [6.45, 7) is 10.6. The molecule has 0 amide bonds. The lowest BCUT2D eigenvalue weighted by Gasteiger charge is -2.23. The van der Waals surface area contributed by atoms with E-state index in [1.807, 2.05) is 37.3 Å². The molecule has 1 atom stereocenters. The summed E-state index contributed by atoms with van der Waals surface area (Å²) in [6.07, 6.45) is -0.482. The average molecular weight is 249 g/mol. The Morgan fingerprint density at radius 1 is 1.39 bits per heavy atom. The Kier molecular flexibility index (Phi) is 6.47. The van der Waals surface area contributed by atoms with Crippen molar-refractivity contribution in [3.8, 4) is 5.75 Å². The number of para-hydroxylation sites is 1. The van der Waals surface area contributed by atoms with Crippen LogP contribution < -0.4 is 4.74 Å². The molecule has 1 rings (SSSR count). The largest absolute Gasteiger partial charge is 0.491 e. The molecule has 0 radical (unpaired) electrons. The number of aliphatic hydroxyl groups is 1. The molecule has 0 saturated carbocycles. The molecule has 0 saturated heterocycles. The second kappa shape index (κ2) is 7.90. The Morgan fingerprint density at radius 2 is 2.06 bits per heavy atom. The van der Waals surface area contributed by atoms with Gasteiger partial charge in [-0.2, -0.15) is 0 Å². The van der Waals surface area contributed by atoms with Crippen molar-refractivity contribution in [1.82, 2.24) is 4.90 Å². The molecular formula is C15H23NO2. The lowest BCUT2D eigenvalue weighted by Crippen LogP contribution is -2.36. The van der Waals surface area contributed by atoms with Crippen LogP contribution in [0.15, 0.2) is 42.5 Å². The van der Waals surface area contributed by atoms with E-state index < -0.39 is 6.10 Å². The van der Waals surface area contributed by atoms with Crippen LogP contribution in [0.4, 0.5) is 0 Å². The Morgan fingerprint density at radius 3 is 2.61 bits per heavy atom. The lowest BCUT2D eigenvalue weighted by molar-refractivity contribution is 0.0728. The van der Waals surface area contributed by atoms with Gasteiger partial charge in [-0.3, -0.25) is 4.90 Å². The number of aliphatic hydroxyl groups excluding tert-OH is 1. The second-order valence-electron chi connectivity index (χ2n) is 4.56. The van der Waals surface area contributed by atoms with E-state index in [9.17, 15) is 5.11 Å². The van der Waals surface area contributed by atoms with Gasteiger partial charge in [0.05, 0.1) is 0 Å². The smallest absolute Gasteiger partial charge is 0.119 e. The Labute approximate surface area is 110 Å². The van der Waals surface area contributed by atoms with Crippen LogP contribution in [0.5, 0.6) is 5.75 Å². The number of rotatable bonds is 8. The fourth-order valence-corrected chi connectivity index (χ4v) is 1.75. The minimum absolute atomic E-state index is 0.316. The van der Waals surface area contributed by atoms with Gasteiger partial charge in [-0.15, -0.1) is 0 Å². The molecule has 3 heteroatoms. The van der Waals surface area contributed by atoms with Crippen molar-refractivity contribution in [3.05, 3.63) is 42.5 Å². The zero-order valence-corrected chi connectivity index (χ0v) is 11.3. The van der Waals surface area contributed by atoms with E-state index in [2.05, 4.69) is 18.4 Å². The molecule has 1 aromatic carbocycles. The maximum absolute atomic E-state index is 9.93. The van der Waals surface area contributed by atoms with Crippen LogP contribution in [0.3, 0.4) is 0 Å². The van der Waals surface area contributed by atoms with Crippen LogP contribution in [0.1, 0.15) is 13.8 Å². The Bertz CT molecular complexity index is 351. The predicted octanol–water partition coefficient (Wildman–Crippen LogP) is 2.32. The molecule has 0 aliphatic carbocycles. The van der Waals surface area contributed by atoms with Gasteiger partial charge in [0.2, 0.25) is 0 Å². The first-order valence-corrected chi connectivity index (χ1v) is 6.34. The van der Waals surface area contributed by atoms with Gasteiger partial charge >= 0.3 is 0 Å². The summed E-state index contributed by atoms with van der Waals surface area (Å²) in [6, 6.07) is 9.55. The van der Waals surface area contributed by atoms with Gasteiger partial charge in [0.25, 0.3) is 0 Å². The van der Waals surface area contributed by atoms with Gasteiger partial charge in [0.1, 0.15) is 18.5 Å². The molecule has 0 heterocycles. The summed E-state index contributed by atoms with van der Waals surface area (Å²) in [4.78, 5) is 2.15. The average Bonchev–Trinajstić information content (AvgIpc) is 2.36. The van der Waals surface area contributed by atoms with Crippen LogP contribution in [0.2, 0.25) is 0 Å². The molecule has 0 bridgehead atoms. The molecule has 0 aromatic heterocycles. The molecule has 1 unspecified atom stereocenters. The van der Waals surface area contributed by atoms with E-state index in [0.717, 1.165) is 24.4 Å². The lowest BCUT2D eigenvalue weighted by atomic mass is 10.2. The number of benzene rings is 1. The van der Waals surface area contributed by atoms with Crippen molar-refractivity contribution in [2.45, 2.75) is 20.0 Å². The highest BCUT2D eigenvalue weighted by atomic mass is 16.5. The van der Waals surface area contributed by atoms with Gasteiger partial charge in [0.15, 0.2) is 0 Å². The highest BCUT2D eigenvalue weighted by Crippen LogP contribution is 2.09. The fraction of sp³-hybridized carbons (Fsp3) is 0.467. The number of likely N-dealkylation sites (N-methyl/N-ethyl adjacent to an activating group) is 1. The summed E-state index contributed by atoms with van der Waals surface area (Å²) in [5.74, 6) is 0.791. The first kappa shape index (κ1) is 14.7. The van der Waals surface area contributed by atoms with Gasteiger partial charge in [0, 0.05) is 13.1 Å². The molecule has 1 aromatic rings. The summed E-state index contributed by atoms with van der Waals surface area (Å²) in [5.41, 5.74) is 1.10. The summed E-state index contributed by atoms with van der Waals surface area (Å²) in [7, 11) is 0.